The van der Waals surface area contributed by atoms with Crippen molar-refractivity contribution < 1.29 is 38.8 Å². The molecule has 6 heteroatoms. The summed E-state index contributed by atoms with van der Waals surface area (Å²) in [6.07, 6.45) is 13.9. The molecule has 0 fully saturated rings. The summed E-state index contributed by atoms with van der Waals surface area (Å²) in [7, 11) is 0. The Balaban J connectivity index is 0.000000207. The molecule has 0 amide bonds. The maximum absolute atomic E-state index is 2.89. The van der Waals surface area contributed by atoms with Gasteiger partial charge in [-0.15, -0.1) is 0 Å². The summed E-state index contributed by atoms with van der Waals surface area (Å²) in [6, 6.07) is 46.7. The molecule has 1 aliphatic rings. The number of hydrogen-bond acceptors (Lipinski definition) is 0. The van der Waals surface area contributed by atoms with Crippen LogP contribution in [0.25, 0.3) is 10.8 Å². The second kappa shape index (κ2) is 20.6. The minimum Gasteiger partial charge on any atom is -0.218 e. The van der Waals surface area contributed by atoms with Gasteiger partial charge in [0.15, 0.2) is 49.6 Å². The van der Waals surface area contributed by atoms with Crippen LogP contribution in [0.4, 0.5) is 0 Å². The predicted octanol–water partition coefficient (Wildman–Crippen LogP) is 3.39. The quantitative estimate of drug-likeness (QED) is 0.249. The Bertz CT molecular complexity index is 1930. The van der Waals surface area contributed by atoms with Gasteiger partial charge >= 0.3 is 18.9 Å². The molecule has 4 N–H and O–H groups in total. The van der Waals surface area contributed by atoms with E-state index in [2.05, 4.69) is 122 Å². The van der Waals surface area contributed by atoms with Crippen LogP contribution in [-0.2, 0) is 0 Å². The standard InChI is InChI=1S/C28H28B.4C5H5N.Li/c1-17-13-19(3)27(20(4)14-17)29(28-21(5)15-18(2)16-22(28)6)24-11-7-9-23-10-8-12-25(29)26(23)24;4*1-2-4-6-5-3-1;/h7-16H,1-6H3;4*1-5H;/q-1;;;;;+1/p+4. The van der Waals surface area contributed by atoms with Crippen LogP contribution in [0.1, 0.15) is 33.4 Å². The van der Waals surface area contributed by atoms with Gasteiger partial charge < -0.3 is 0 Å². The molecule has 0 radical (unpaired) electrons. The third kappa shape index (κ3) is 9.88. The minimum absolute atomic E-state index is 0. The Morgan fingerprint density at radius 2 is 0.630 bits per heavy atom. The molecule has 4 aromatic carbocycles. The van der Waals surface area contributed by atoms with E-state index in [9.17, 15) is 0 Å². The van der Waals surface area contributed by atoms with Crippen molar-refractivity contribution >= 4 is 38.8 Å². The zero-order valence-corrected chi connectivity index (χ0v) is 32.9. The van der Waals surface area contributed by atoms with Crippen LogP contribution in [0.15, 0.2) is 183 Å². The van der Waals surface area contributed by atoms with Crippen LogP contribution < -0.4 is 60.6 Å². The summed E-state index contributed by atoms with van der Waals surface area (Å²) in [5.41, 5.74) is 14.4. The van der Waals surface area contributed by atoms with Crippen molar-refractivity contribution in [3.63, 3.8) is 0 Å². The topological polar surface area (TPSA) is 56.6 Å². The summed E-state index contributed by atoms with van der Waals surface area (Å²) < 4.78 is 0. The number of nitrogens with one attached hydrogen (secondary N) is 4. The molecular formula is C48H52BLiN4+4. The number of benzene rings is 4. The number of hydrogen-bond donors (Lipinski definition) is 0. The van der Waals surface area contributed by atoms with Gasteiger partial charge in [-0.25, -0.2) is 19.9 Å². The predicted molar refractivity (Wildman–Crippen MR) is 222 cm³/mol. The van der Waals surface area contributed by atoms with Crippen molar-refractivity contribution in [1.82, 2.24) is 0 Å². The molecule has 4 aromatic heterocycles. The Labute approximate surface area is 333 Å². The molecule has 0 unspecified atom stereocenters. The number of pyridine rings is 4. The fraction of sp³-hybridized carbons (Fsp3) is 0.125. The van der Waals surface area contributed by atoms with E-state index < -0.39 is 6.15 Å². The van der Waals surface area contributed by atoms with E-state index >= 15 is 0 Å². The SMILES string of the molecule is Cc1cc(C)c([B-]2(c3c(C)cc(C)cc3C)c3cccc4cccc2c34)c(C)c1.[Li+].c1cc[nH+]cc1.c1cc[nH+]cc1.c1cc[nH+]cc1.c1cc[nH+]cc1. The molecule has 8 aromatic rings. The third-order valence-corrected chi connectivity index (χ3v) is 9.67. The smallest absolute Gasteiger partial charge is 0.218 e. The van der Waals surface area contributed by atoms with E-state index in [4.69, 9.17) is 0 Å². The molecule has 0 aliphatic carbocycles. The maximum atomic E-state index is 2.89. The molecule has 1 aliphatic heterocycles. The number of aromatic amines is 4. The van der Waals surface area contributed by atoms with Gasteiger partial charge in [0.2, 0.25) is 0 Å². The van der Waals surface area contributed by atoms with Gasteiger partial charge in [-0.3, -0.25) is 0 Å². The minimum atomic E-state index is -1.11. The van der Waals surface area contributed by atoms with E-state index in [1.54, 1.807) is 0 Å². The van der Waals surface area contributed by atoms with Crippen LogP contribution in [0.5, 0.6) is 0 Å². The zero-order chi connectivity index (χ0) is 37.5. The Morgan fingerprint density at radius 1 is 0.352 bits per heavy atom. The van der Waals surface area contributed by atoms with Crippen LogP contribution in [0.3, 0.4) is 0 Å². The first-order valence-electron chi connectivity index (χ1n) is 18.3. The van der Waals surface area contributed by atoms with E-state index in [-0.39, 0.29) is 18.9 Å². The van der Waals surface area contributed by atoms with E-state index in [1.807, 2.05) is 122 Å². The number of aryl methyl sites for hydroxylation is 6. The largest absolute Gasteiger partial charge is 1.00 e. The average molecular weight is 703 g/mol. The first-order valence-corrected chi connectivity index (χ1v) is 18.3. The van der Waals surface area contributed by atoms with Crippen molar-refractivity contribution in [2.45, 2.75) is 41.5 Å². The van der Waals surface area contributed by atoms with E-state index in [0.717, 1.165) is 0 Å². The fourth-order valence-corrected chi connectivity index (χ4v) is 8.09. The normalized spacial score (nSPS) is 11.1. The molecular weight excluding hydrogens is 650 g/mol. The Morgan fingerprint density at radius 3 is 0.852 bits per heavy atom. The van der Waals surface area contributed by atoms with Crippen LogP contribution in [0.2, 0.25) is 0 Å². The van der Waals surface area contributed by atoms with Gasteiger partial charge in [-0.2, -0.15) is 21.9 Å². The molecule has 9 rings (SSSR count). The van der Waals surface area contributed by atoms with Crippen molar-refractivity contribution in [3.8, 4) is 0 Å². The summed E-state index contributed by atoms with van der Waals surface area (Å²) in [5, 5.41) is 2.83. The molecule has 5 heterocycles. The maximum Gasteiger partial charge on any atom is 1.00 e. The fourth-order valence-electron chi connectivity index (χ4n) is 8.09. The van der Waals surface area contributed by atoms with Crippen molar-refractivity contribution in [3.05, 3.63) is 216 Å². The summed E-state index contributed by atoms with van der Waals surface area (Å²) in [5.74, 6) is 0. The van der Waals surface area contributed by atoms with Crippen LogP contribution in [-0.4, -0.2) is 6.15 Å². The summed E-state index contributed by atoms with van der Waals surface area (Å²) >= 11 is 0. The molecule has 0 atom stereocenters. The zero-order valence-electron chi connectivity index (χ0n) is 32.9. The molecule has 0 spiro atoms. The van der Waals surface area contributed by atoms with Gasteiger partial charge in [0, 0.05) is 48.5 Å². The van der Waals surface area contributed by atoms with E-state index in [0.29, 0.717) is 0 Å². The summed E-state index contributed by atoms with van der Waals surface area (Å²) in [4.78, 5) is 11.6. The molecule has 0 saturated heterocycles. The van der Waals surface area contributed by atoms with Crippen molar-refractivity contribution in [2.24, 2.45) is 0 Å². The van der Waals surface area contributed by atoms with Gasteiger partial charge in [-0.05, 0) is 46.9 Å². The van der Waals surface area contributed by atoms with Crippen molar-refractivity contribution in [1.29, 1.82) is 0 Å². The molecule has 264 valence electrons. The third-order valence-electron chi connectivity index (χ3n) is 9.67. The Hall–Kier alpha value is -5.60. The molecule has 4 nitrogen and oxygen atoms in total. The van der Waals surface area contributed by atoms with Gasteiger partial charge in [0.05, 0.1) is 0 Å². The van der Waals surface area contributed by atoms with Gasteiger partial charge in [0.1, 0.15) is 6.15 Å². The second-order valence-electron chi connectivity index (χ2n) is 13.6. The number of rotatable bonds is 2. The molecule has 54 heavy (non-hydrogen) atoms. The number of aromatic nitrogens is 4. The van der Waals surface area contributed by atoms with Crippen LogP contribution >= 0.6 is 0 Å². The van der Waals surface area contributed by atoms with E-state index in [1.165, 1.54) is 66.0 Å². The Kier molecular flexibility index (Phi) is 15.7. The molecule has 0 bridgehead atoms. The number of H-pyrrole nitrogens is 4. The second-order valence-corrected chi connectivity index (χ2v) is 13.6. The monoisotopic (exact) mass is 702 g/mol. The average Bonchev–Trinajstić information content (AvgIpc) is 3.20. The first-order chi connectivity index (χ1) is 25.9. The van der Waals surface area contributed by atoms with Crippen LogP contribution in [0, 0.1) is 41.5 Å². The van der Waals surface area contributed by atoms with Gasteiger partial charge in [-0.1, -0.05) is 124 Å². The van der Waals surface area contributed by atoms with Crippen molar-refractivity contribution in [2.75, 3.05) is 0 Å². The first kappa shape index (κ1) is 41.2. The van der Waals surface area contributed by atoms with Gasteiger partial charge in [0.25, 0.3) is 0 Å². The summed E-state index contributed by atoms with van der Waals surface area (Å²) in [6.45, 7) is 13.6. The molecule has 0 saturated carbocycles.